The molecule has 31 heavy (non-hydrogen) atoms. The van der Waals surface area contributed by atoms with Crippen LogP contribution in [0, 0.1) is 13.8 Å². The average Bonchev–Trinajstić information content (AvgIpc) is 3.01. The summed E-state index contributed by atoms with van der Waals surface area (Å²) in [6, 6.07) is 16.4. The largest absolute Gasteiger partial charge is 0.497 e. The lowest BCUT2D eigenvalue weighted by Gasteiger charge is -2.11. The molecule has 3 rings (SSSR count). The van der Waals surface area contributed by atoms with Gasteiger partial charge in [-0.1, -0.05) is 24.3 Å². The van der Waals surface area contributed by atoms with Crippen molar-refractivity contribution < 1.29 is 14.6 Å². The van der Waals surface area contributed by atoms with Gasteiger partial charge in [0.05, 0.1) is 12.7 Å². The normalized spacial score (nSPS) is 11.0. The predicted octanol–water partition coefficient (Wildman–Crippen LogP) is 4.91. The highest BCUT2D eigenvalue weighted by Gasteiger charge is 2.22. The molecule has 0 radical (unpaired) electrons. The minimum atomic E-state index is -0.880. The second-order valence-electron chi connectivity index (χ2n) is 7.54. The average molecular weight is 439 g/mol. The molecule has 164 valence electrons. The maximum Gasteiger partial charge on any atom is 0.337 e. The topological polar surface area (TPSA) is 63.5 Å². The summed E-state index contributed by atoms with van der Waals surface area (Å²) in [4.78, 5) is 13.3. The molecule has 6 heteroatoms. The smallest absolute Gasteiger partial charge is 0.337 e. The second kappa shape index (κ2) is 10.6. The van der Waals surface area contributed by atoms with Crippen LogP contribution in [0.4, 0.5) is 0 Å². The van der Waals surface area contributed by atoms with E-state index in [1.807, 2.05) is 38.1 Å². The number of nitrogens with one attached hydrogen (secondary N) is 1. The van der Waals surface area contributed by atoms with Gasteiger partial charge in [0.1, 0.15) is 5.75 Å². The van der Waals surface area contributed by atoms with Crippen LogP contribution in [-0.4, -0.2) is 35.6 Å². The van der Waals surface area contributed by atoms with Crippen molar-refractivity contribution in [1.82, 2.24) is 9.88 Å². The molecule has 0 bridgehead atoms. The summed E-state index contributed by atoms with van der Waals surface area (Å²) < 4.78 is 7.40. The van der Waals surface area contributed by atoms with Gasteiger partial charge < -0.3 is 19.7 Å². The van der Waals surface area contributed by atoms with E-state index in [0.29, 0.717) is 18.7 Å². The van der Waals surface area contributed by atoms with Gasteiger partial charge in [0, 0.05) is 34.9 Å². The molecule has 2 N–H and O–H groups in total. The molecule has 2 aromatic carbocycles. The highest BCUT2D eigenvalue weighted by atomic mass is 32.2. The molecule has 5 nitrogen and oxygen atoms in total. The minimum Gasteiger partial charge on any atom is -0.497 e. The number of aromatic nitrogens is 1. The zero-order valence-corrected chi connectivity index (χ0v) is 19.4. The molecule has 0 fully saturated rings. The third kappa shape index (κ3) is 5.51. The number of benzene rings is 2. The third-order valence-corrected chi connectivity index (χ3v) is 6.39. The Morgan fingerprint density at radius 2 is 1.84 bits per heavy atom. The van der Waals surface area contributed by atoms with Crippen LogP contribution in [0.2, 0.25) is 0 Å². The molecule has 0 unspecified atom stereocenters. The van der Waals surface area contributed by atoms with E-state index < -0.39 is 5.97 Å². The summed E-state index contributed by atoms with van der Waals surface area (Å²) in [6.07, 6.45) is 2.97. The second-order valence-corrected chi connectivity index (χ2v) is 8.42. The number of nitrogens with zero attached hydrogens (tertiary/aromatic N) is 1. The Labute approximate surface area is 188 Å². The minimum absolute atomic E-state index is 0.400. The summed E-state index contributed by atoms with van der Waals surface area (Å²) in [6.45, 7) is 5.81. The first kappa shape index (κ1) is 23.0. The van der Waals surface area contributed by atoms with E-state index in [1.54, 1.807) is 18.9 Å². The molecule has 0 saturated carbocycles. The van der Waals surface area contributed by atoms with E-state index in [-0.39, 0.29) is 0 Å². The van der Waals surface area contributed by atoms with Crippen LogP contribution in [0.25, 0.3) is 0 Å². The number of hydrogen-bond donors (Lipinski definition) is 2. The molecule has 0 saturated heterocycles. The number of ether oxygens (including phenoxy) is 1. The van der Waals surface area contributed by atoms with Gasteiger partial charge in [0.2, 0.25) is 0 Å². The van der Waals surface area contributed by atoms with Gasteiger partial charge in [-0.25, -0.2) is 4.79 Å². The van der Waals surface area contributed by atoms with Gasteiger partial charge >= 0.3 is 5.97 Å². The van der Waals surface area contributed by atoms with E-state index in [4.69, 9.17) is 4.74 Å². The highest BCUT2D eigenvalue weighted by Crippen LogP contribution is 2.25. The number of carboxylic acids is 1. The first-order valence-electron chi connectivity index (χ1n) is 10.3. The molecular weight excluding hydrogens is 408 g/mol. The van der Waals surface area contributed by atoms with E-state index >= 15 is 0 Å². The van der Waals surface area contributed by atoms with Crippen molar-refractivity contribution in [1.29, 1.82) is 0 Å². The molecule has 1 aromatic heterocycles. The SMILES string of the molecule is COc1cccc(Cn2c(C)c(CNCCc3ccc(SC)cc3)c(C(=O)O)c2C)c1. The Bertz CT molecular complexity index is 1040. The molecule has 0 aliphatic carbocycles. The zero-order valence-electron chi connectivity index (χ0n) is 18.6. The van der Waals surface area contributed by atoms with E-state index in [2.05, 4.69) is 40.4 Å². The Kier molecular flexibility index (Phi) is 7.82. The van der Waals surface area contributed by atoms with Crippen molar-refractivity contribution in [3.8, 4) is 5.75 Å². The summed E-state index contributed by atoms with van der Waals surface area (Å²) >= 11 is 1.73. The fourth-order valence-corrected chi connectivity index (χ4v) is 4.29. The summed E-state index contributed by atoms with van der Waals surface area (Å²) in [7, 11) is 1.65. The number of methoxy groups -OCH3 is 1. The van der Waals surface area contributed by atoms with Gasteiger partial charge in [-0.05, 0) is 68.5 Å². The molecule has 0 aliphatic rings. The quantitative estimate of drug-likeness (QED) is 0.348. The number of carbonyl (C=O) groups is 1. The fraction of sp³-hybridized carbons (Fsp3) is 0.320. The van der Waals surface area contributed by atoms with Crippen LogP contribution in [0.3, 0.4) is 0 Å². The Morgan fingerprint density at radius 1 is 1.10 bits per heavy atom. The van der Waals surface area contributed by atoms with Crippen molar-refractivity contribution in [2.75, 3.05) is 19.9 Å². The fourth-order valence-electron chi connectivity index (χ4n) is 3.88. The van der Waals surface area contributed by atoms with Crippen molar-refractivity contribution in [2.45, 2.75) is 38.3 Å². The van der Waals surface area contributed by atoms with Crippen LogP contribution in [0.5, 0.6) is 5.75 Å². The maximum absolute atomic E-state index is 12.0. The molecule has 0 aliphatic heterocycles. The van der Waals surface area contributed by atoms with E-state index in [9.17, 15) is 9.90 Å². The Balaban J connectivity index is 1.73. The first-order chi connectivity index (χ1) is 14.9. The van der Waals surface area contributed by atoms with Crippen molar-refractivity contribution >= 4 is 17.7 Å². The lowest BCUT2D eigenvalue weighted by molar-refractivity contribution is 0.0694. The standard InChI is InChI=1S/C25H30N2O3S/c1-17-23(15-26-13-12-19-8-10-22(31-4)11-9-19)24(25(28)29)18(2)27(17)16-20-6-5-7-21(14-20)30-3/h5-11,14,26H,12-13,15-16H2,1-4H3,(H,28,29). The molecule has 0 spiro atoms. The van der Waals surface area contributed by atoms with Gasteiger partial charge in [0.15, 0.2) is 0 Å². The lowest BCUT2D eigenvalue weighted by atomic mass is 10.1. The van der Waals surface area contributed by atoms with Crippen molar-refractivity contribution in [3.05, 3.63) is 82.2 Å². The van der Waals surface area contributed by atoms with Gasteiger partial charge in [-0.2, -0.15) is 0 Å². The first-order valence-corrected chi connectivity index (χ1v) is 11.6. The Morgan fingerprint density at radius 3 is 2.48 bits per heavy atom. The number of thioether (sulfide) groups is 1. The molecular formula is C25H30N2O3S. The van der Waals surface area contributed by atoms with Gasteiger partial charge in [0.25, 0.3) is 0 Å². The number of carboxylic acid groups (broad SMARTS) is 1. The molecule has 0 amide bonds. The van der Waals surface area contributed by atoms with Crippen molar-refractivity contribution in [2.24, 2.45) is 0 Å². The van der Waals surface area contributed by atoms with Crippen LogP contribution in [0.15, 0.2) is 53.4 Å². The van der Waals surface area contributed by atoms with E-state index in [1.165, 1.54) is 10.5 Å². The van der Waals surface area contributed by atoms with Crippen LogP contribution in [-0.2, 0) is 19.5 Å². The van der Waals surface area contributed by atoms with Gasteiger partial charge in [-0.15, -0.1) is 11.8 Å². The van der Waals surface area contributed by atoms with Crippen LogP contribution < -0.4 is 10.1 Å². The predicted molar refractivity (Wildman–Crippen MR) is 127 cm³/mol. The summed E-state index contributed by atoms with van der Waals surface area (Å²) in [5.74, 6) is -0.0830. The summed E-state index contributed by atoms with van der Waals surface area (Å²) in [5.41, 5.74) is 5.35. The number of rotatable bonds is 10. The number of aromatic carboxylic acids is 1. The zero-order chi connectivity index (χ0) is 22.4. The van der Waals surface area contributed by atoms with Crippen molar-refractivity contribution in [3.63, 3.8) is 0 Å². The Hall–Kier alpha value is -2.70. The van der Waals surface area contributed by atoms with Crippen LogP contribution >= 0.6 is 11.8 Å². The number of hydrogen-bond acceptors (Lipinski definition) is 4. The van der Waals surface area contributed by atoms with Crippen LogP contribution in [0.1, 0.15) is 38.4 Å². The maximum atomic E-state index is 12.0. The molecule has 3 aromatic rings. The molecule has 1 heterocycles. The monoisotopic (exact) mass is 438 g/mol. The highest BCUT2D eigenvalue weighted by molar-refractivity contribution is 7.98. The van der Waals surface area contributed by atoms with E-state index in [0.717, 1.165) is 41.2 Å². The third-order valence-electron chi connectivity index (χ3n) is 5.65. The molecule has 0 atom stereocenters. The summed E-state index contributed by atoms with van der Waals surface area (Å²) in [5, 5.41) is 13.3. The lowest BCUT2D eigenvalue weighted by Crippen LogP contribution is -2.18. The van der Waals surface area contributed by atoms with Gasteiger partial charge in [-0.3, -0.25) is 0 Å².